The normalized spacial score (nSPS) is 10.7. The third kappa shape index (κ3) is 5.73. The third-order valence-corrected chi connectivity index (χ3v) is 4.84. The minimum Gasteiger partial charge on any atom is -0.471 e. The quantitative estimate of drug-likeness (QED) is 0.399. The fourth-order valence-electron chi connectivity index (χ4n) is 3.06. The van der Waals surface area contributed by atoms with Crippen LogP contribution in [0.5, 0.6) is 5.75 Å². The van der Waals surface area contributed by atoms with Crippen molar-refractivity contribution in [1.29, 1.82) is 0 Å². The molecule has 0 saturated heterocycles. The molecular formula is C23H22ClN5O2. The van der Waals surface area contributed by atoms with Gasteiger partial charge < -0.3 is 10.1 Å². The van der Waals surface area contributed by atoms with Gasteiger partial charge in [-0.3, -0.25) is 9.48 Å². The number of rotatable bonds is 9. The lowest BCUT2D eigenvalue weighted by molar-refractivity contribution is 0.0945. The van der Waals surface area contributed by atoms with Crippen LogP contribution < -0.4 is 10.1 Å². The molecule has 0 fully saturated rings. The van der Waals surface area contributed by atoms with E-state index in [1.54, 1.807) is 34.0 Å². The Morgan fingerprint density at radius 3 is 2.52 bits per heavy atom. The highest BCUT2D eigenvalue weighted by molar-refractivity contribution is 6.30. The van der Waals surface area contributed by atoms with E-state index in [0.29, 0.717) is 23.8 Å². The van der Waals surface area contributed by atoms with Gasteiger partial charge in [-0.05, 0) is 35.7 Å². The number of benzene rings is 2. The number of hydrogen-bond donors (Lipinski definition) is 1. The number of carbonyl (C=O) groups excluding carboxylic acids is 1. The van der Waals surface area contributed by atoms with Gasteiger partial charge in [-0.2, -0.15) is 10.2 Å². The first-order valence-corrected chi connectivity index (χ1v) is 10.3. The second-order valence-electron chi connectivity index (χ2n) is 6.94. The minimum atomic E-state index is -0.218. The number of aromatic nitrogens is 4. The molecular weight excluding hydrogens is 414 g/mol. The number of amides is 1. The fraction of sp³-hybridized carbons (Fsp3) is 0.174. The second-order valence-corrected chi connectivity index (χ2v) is 7.37. The molecule has 0 bridgehead atoms. The Labute approximate surface area is 185 Å². The van der Waals surface area contributed by atoms with Crippen molar-refractivity contribution >= 4 is 17.5 Å². The third-order valence-electron chi connectivity index (χ3n) is 4.65. The van der Waals surface area contributed by atoms with Crippen molar-refractivity contribution < 1.29 is 9.53 Å². The molecule has 8 heteroatoms. The maximum atomic E-state index is 12.2. The molecule has 0 atom stereocenters. The molecule has 0 spiro atoms. The molecule has 158 valence electrons. The summed E-state index contributed by atoms with van der Waals surface area (Å²) >= 11 is 5.83. The van der Waals surface area contributed by atoms with Gasteiger partial charge in [-0.15, -0.1) is 0 Å². The smallest absolute Gasteiger partial charge is 0.271 e. The zero-order valence-electron chi connectivity index (χ0n) is 16.8. The Bertz CT molecular complexity index is 1120. The summed E-state index contributed by atoms with van der Waals surface area (Å²) in [5.41, 5.74) is 2.64. The van der Waals surface area contributed by atoms with Crippen LogP contribution in [0.4, 0.5) is 0 Å². The second kappa shape index (κ2) is 9.95. The molecule has 0 aliphatic carbocycles. The summed E-state index contributed by atoms with van der Waals surface area (Å²) < 4.78 is 9.11. The minimum absolute atomic E-state index is 0.218. The number of carbonyl (C=O) groups is 1. The lowest BCUT2D eigenvalue weighted by atomic mass is 10.1. The largest absolute Gasteiger partial charge is 0.471 e. The maximum Gasteiger partial charge on any atom is 0.271 e. The fourth-order valence-corrected chi connectivity index (χ4v) is 3.22. The van der Waals surface area contributed by atoms with E-state index in [0.717, 1.165) is 23.3 Å². The molecule has 0 unspecified atom stereocenters. The van der Waals surface area contributed by atoms with Crippen molar-refractivity contribution in [1.82, 2.24) is 24.9 Å². The van der Waals surface area contributed by atoms with E-state index in [2.05, 4.69) is 27.6 Å². The average Bonchev–Trinajstić information content (AvgIpc) is 3.45. The highest BCUT2D eigenvalue weighted by Gasteiger charge is 2.09. The molecule has 2 aromatic carbocycles. The first-order valence-electron chi connectivity index (χ1n) is 9.95. The molecule has 1 N–H and O–H groups in total. The Kier molecular flexibility index (Phi) is 6.64. The van der Waals surface area contributed by atoms with Gasteiger partial charge in [0.05, 0.1) is 11.2 Å². The van der Waals surface area contributed by atoms with Crippen LogP contribution >= 0.6 is 11.6 Å². The van der Waals surface area contributed by atoms with Crippen LogP contribution in [0.15, 0.2) is 79.3 Å². The standard InChI is InChI=1S/C23H22ClN5O2/c24-20-15-26-28(16-20)13-4-12-25-23(30)22-11-14-29(27-22)17-31-21-9-7-19(8-10-21)18-5-2-1-3-6-18/h1-3,5-11,14-16H,4,12-13,17H2,(H,25,30). The summed E-state index contributed by atoms with van der Waals surface area (Å²) in [5.74, 6) is 0.518. The molecule has 0 aliphatic rings. The Hall–Kier alpha value is -3.58. The highest BCUT2D eigenvalue weighted by Crippen LogP contribution is 2.22. The number of ether oxygens (including phenoxy) is 1. The lowest BCUT2D eigenvalue weighted by Crippen LogP contribution is -2.26. The van der Waals surface area contributed by atoms with Crippen molar-refractivity contribution in [2.75, 3.05) is 6.54 Å². The Morgan fingerprint density at radius 1 is 1.00 bits per heavy atom. The van der Waals surface area contributed by atoms with Gasteiger partial charge in [-0.1, -0.05) is 54.1 Å². The van der Waals surface area contributed by atoms with Gasteiger partial charge >= 0.3 is 0 Å². The molecule has 4 aromatic rings. The molecule has 0 aliphatic heterocycles. The van der Waals surface area contributed by atoms with E-state index in [1.165, 1.54) is 0 Å². The van der Waals surface area contributed by atoms with Crippen LogP contribution in [0.2, 0.25) is 5.02 Å². The molecule has 4 rings (SSSR count). The summed E-state index contributed by atoms with van der Waals surface area (Å²) in [6.07, 6.45) is 5.80. The summed E-state index contributed by atoms with van der Waals surface area (Å²) in [6, 6.07) is 19.7. The zero-order valence-corrected chi connectivity index (χ0v) is 17.6. The van der Waals surface area contributed by atoms with E-state index < -0.39 is 0 Å². The van der Waals surface area contributed by atoms with E-state index in [4.69, 9.17) is 16.3 Å². The summed E-state index contributed by atoms with van der Waals surface area (Å²) in [4.78, 5) is 12.2. The van der Waals surface area contributed by atoms with Crippen molar-refractivity contribution in [2.24, 2.45) is 0 Å². The molecule has 7 nitrogen and oxygen atoms in total. The van der Waals surface area contributed by atoms with Crippen LogP contribution in [0.25, 0.3) is 11.1 Å². The molecule has 0 saturated carbocycles. The summed E-state index contributed by atoms with van der Waals surface area (Å²) in [6.45, 7) is 1.42. The van der Waals surface area contributed by atoms with E-state index >= 15 is 0 Å². The maximum absolute atomic E-state index is 12.2. The number of aryl methyl sites for hydroxylation is 1. The van der Waals surface area contributed by atoms with Crippen LogP contribution in [-0.4, -0.2) is 32.0 Å². The van der Waals surface area contributed by atoms with Gasteiger partial charge in [0.15, 0.2) is 6.73 Å². The van der Waals surface area contributed by atoms with Gasteiger partial charge in [-0.25, -0.2) is 4.68 Å². The Balaban J connectivity index is 1.22. The number of nitrogens with zero attached hydrogens (tertiary/aromatic N) is 4. The average molecular weight is 436 g/mol. The van der Waals surface area contributed by atoms with Crippen LogP contribution in [-0.2, 0) is 13.3 Å². The predicted octanol–water partition coefficient (Wildman–Crippen LogP) is 4.26. The van der Waals surface area contributed by atoms with E-state index in [9.17, 15) is 4.79 Å². The van der Waals surface area contributed by atoms with Crippen LogP contribution in [0, 0.1) is 0 Å². The molecule has 1 amide bonds. The van der Waals surface area contributed by atoms with Crippen molar-refractivity contribution in [3.05, 3.63) is 90.0 Å². The molecule has 0 radical (unpaired) electrons. The monoisotopic (exact) mass is 435 g/mol. The van der Waals surface area contributed by atoms with Crippen molar-refractivity contribution in [2.45, 2.75) is 19.7 Å². The van der Waals surface area contributed by atoms with E-state index in [1.807, 2.05) is 42.5 Å². The zero-order chi connectivity index (χ0) is 21.5. The first-order chi connectivity index (χ1) is 15.2. The summed E-state index contributed by atoms with van der Waals surface area (Å²) in [5, 5.41) is 11.8. The highest BCUT2D eigenvalue weighted by atomic mass is 35.5. The Morgan fingerprint density at radius 2 is 1.77 bits per heavy atom. The lowest BCUT2D eigenvalue weighted by Gasteiger charge is -2.08. The predicted molar refractivity (Wildman–Crippen MR) is 119 cm³/mol. The molecule has 2 aromatic heterocycles. The van der Waals surface area contributed by atoms with E-state index in [-0.39, 0.29) is 12.6 Å². The SMILES string of the molecule is O=C(NCCCn1cc(Cl)cn1)c1ccn(COc2ccc(-c3ccccc3)cc2)n1. The molecule has 31 heavy (non-hydrogen) atoms. The van der Waals surface area contributed by atoms with Gasteiger partial charge in [0.2, 0.25) is 0 Å². The van der Waals surface area contributed by atoms with Gasteiger partial charge in [0.1, 0.15) is 11.4 Å². The topological polar surface area (TPSA) is 74.0 Å². The van der Waals surface area contributed by atoms with Gasteiger partial charge in [0.25, 0.3) is 5.91 Å². The van der Waals surface area contributed by atoms with Gasteiger partial charge in [0, 0.05) is 25.5 Å². The van der Waals surface area contributed by atoms with Crippen molar-refractivity contribution in [3.8, 4) is 16.9 Å². The number of halogens is 1. The van der Waals surface area contributed by atoms with Crippen molar-refractivity contribution in [3.63, 3.8) is 0 Å². The van der Waals surface area contributed by atoms with Crippen LogP contribution in [0.3, 0.4) is 0 Å². The molecule has 2 heterocycles. The summed E-state index contributed by atoms with van der Waals surface area (Å²) in [7, 11) is 0. The number of nitrogens with one attached hydrogen (secondary N) is 1. The van der Waals surface area contributed by atoms with Crippen LogP contribution in [0.1, 0.15) is 16.9 Å². The first kappa shape index (κ1) is 20.7. The number of hydrogen-bond acceptors (Lipinski definition) is 4.